The maximum absolute atomic E-state index is 13.7. The quantitative estimate of drug-likeness (QED) is 0.118. The summed E-state index contributed by atoms with van der Waals surface area (Å²) < 4.78 is 0. The maximum Gasteiger partial charge on any atom is 0.272 e. The lowest BCUT2D eigenvalue weighted by Crippen LogP contribution is -2.30. The van der Waals surface area contributed by atoms with Crippen molar-refractivity contribution in [1.82, 2.24) is 5.32 Å². The van der Waals surface area contributed by atoms with Crippen LogP contribution in [-0.4, -0.2) is 23.0 Å². The molecule has 3 N–H and O–H groups in total. The Kier molecular flexibility index (Phi) is 9.57. The van der Waals surface area contributed by atoms with Gasteiger partial charge in [0.2, 0.25) is 5.91 Å². The molecule has 5 aromatic rings. The average Bonchev–Trinajstić information content (AvgIpc) is 3.03. The Morgan fingerprint density at radius 1 is 0.750 bits per heavy atom. The van der Waals surface area contributed by atoms with Gasteiger partial charge in [0.1, 0.15) is 5.70 Å². The molecule has 5 rings (SSSR count). The van der Waals surface area contributed by atoms with E-state index in [0.717, 1.165) is 38.0 Å². The Morgan fingerprint density at radius 2 is 1.48 bits per heavy atom. The minimum atomic E-state index is -0.468. The standard InChI is InChI=1S/C37H33N3O3S/c1-24-19-20-25(2)33(21-24)39-35(41)26(3)44-31-17-10-16-30(23-31)38-37(43)34(40-36(42)28-12-5-4-6-13-28)22-29-15-9-14-27-11-7-8-18-32(27)29/h4-23,26H,1-3H3,(H,38,43)(H,39,41)(H,40,42)/b34-22+. The van der Waals surface area contributed by atoms with Crippen LogP contribution in [0.5, 0.6) is 0 Å². The van der Waals surface area contributed by atoms with Gasteiger partial charge >= 0.3 is 0 Å². The van der Waals surface area contributed by atoms with Crippen LogP contribution in [0.1, 0.15) is 34.0 Å². The zero-order valence-corrected chi connectivity index (χ0v) is 25.6. The van der Waals surface area contributed by atoms with Crippen LogP contribution in [0.3, 0.4) is 0 Å². The fourth-order valence-electron chi connectivity index (χ4n) is 4.68. The molecule has 0 radical (unpaired) electrons. The monoisotopic (exact) mass is 599 g/mol. The van der Waals surface area contributed by atoms with Gasteiger partial charge in [0.05, 0.1) is 5.25 Å². The Hall–Kier alpha value is -5.14. The van der Waals surface area contributed by atoms with Crippen molar-refractivity contribution in [3.05, 3.63) is 143 Å². The Labute approximate surface area is 261 Å². The van der Waals surface area contributed by atoms with E-state index in [9.17, 15) is 14.4 Å². The zero-order valence-electron chi connectivity index (χ0n) is 24.8. The molecule has 0 aliphatic heterocycles. The second kappa shape index (κ2) is 13.9. The molecule has 1 atom stereocenters. The van der Waals surface area contributed by atoms with E-state index in [1.807, 2.05) is 106 Å². The highest BCUT2D eigenvalue weighted by atomic mass is 32.2. The number of anilines is 2. The first-order chi connectivity index (χ1) is 21.3. The zero-order chi connectivity index (χ0) is 31.1. The van der Waals surface area contributed by atoms with Crippen LogP contribution in [0.25, 0.3) is 16.8 Å². The molecule has 0 heterocycles. The number of nitrogens with one attached hydrogen (secondary N) is 3. The molecule has 0 aliphatic rings. The van der Waals surface area contributed by atoms with Crippen molar-refractivity contribution in [1.29, 1.82) is 0 Å². The third-order valence-electron chi connectivity index (χ3n) is 7.08. The molecule has 0 aliphatic carbocycles. The van der Waals surface area contributed by atoms with E-state index in [4.69, 9.17) is 0 Å². The van der Waals surface area contributed by atoms with Crippen LogP contribution in [0.2, 0.25) is 0 Å². The van der Waals surface area contributed by atoms with E-state index in [-0.39, 0.29) is 22.8 Å². The average molecular weight is 600 g/mol. The summed E-state index contributed by atoms with van der Waals surface area (Å²) in [5.74, 6) is -0.965. The minimum absolute atomic E-state index is 0.106. The summed E-state index contributed by atoms with van der Waals surface area (Å²) in [5, 5.41) is 10.4. The molecular formula is C37H33N3O3S. The molecule has 220 valence electrons. The van der Waals surface area contributed by atoms with Gasteiger partial charge in [-0.2, -0.15) is 0 Å². The highest BCUT2D eigenvalue weighted by Crippen LogP contribution is 2.28. The summed E-state index contributed by atoms with van der Waals surface area (Å²) in [6.45, 7) is 5.80. The third-order valence-corrected chi connectivity index (χ3v) is 8.17. The normalized spacial score (nSPS) is 11.9. The number of amides is 3. The summed E-state index contributed by atoms with van der Waals surface area (Å²) in [7, 11) is 0. The summed E-state index contributed by atoms with van der Waals surface area (Å²) in [4.78, 5) is 40.5. The molecule has 0 fully saturated rings. The molecule has 0 saturated heterocycles. The Morgan fingerprint density at radius 3 is 2.30 bits per heavy atom. The van der Waals surface area contributed by atoms with E-state index in [1.165, 1.54) is 11.8 Å². The molecule has 0 saturated carbocycles. The molecule has 0 spiro atoms. The van der Waals surface area contributed by atoms with Gasteiger partial charge in [-0.3, -0.25) is 14.4 Å². The number of aryl methyl sites for hydroxylation is 2. The van der Waals surface area contributed by atoms with Crippen LogP contribution in [0.15, 0.2) is 126 Å². The number of hydrogen-bond donors (Lipinski definition) is 3. The van der Waals surface area contributed by atoms with Gasteiger partial charge in [0, 0.05) is 21.8 Å². The lowest BCUT2D eigenvalue weighted by Gasteiger charge is -2.15. The highest BCUT2D eigenvalue weighted by molar-refractivity contribution is 8.00. The van der Waals surface area contributed by atoms with Crippen LogP contribution in [0.4, 0.5) is 11.4 Å². The first-order valence-corrected chi connectivity index (χ1v) is 15.2. The molecule has 0 aromatic heterocycles. The maximum atomic E-state index is 13.7. The van der Waals surface area contributed by atoms with Crippen LogP contribution >= 0.6 is 11.8 Å². The molecule has 1 unspecified atom stereocenters. The largest absolute Gasteiger partial charge is 0.325 e. The lowest BCUT2D eigenvalue weighted by molar-refractivity contribution is -0.115. The van der Waals surface area contributed by atoms with Gasteiger partial charge in [-0.1, -0.05) is 78.9 Å². The Balaban J connectivity index is 1.35. The first-order valence-electron chi connectivity index (χ1n) is 14.3. The molecule has 3 amide bonds. The van der Waals surface area contributed by atoms with Crippen molar-refractivity contribution in [3.63, 3.8) is 0 Å². The SMILES string of the molecule is Cc1ccc(C)c(NC(=O)C(C)Sc2cccc(NC(=O)/C(=C\c3cccc4ccccc34)NC(=O)c3ccccc3)c2)c1. The van der Waals surface area contributed by atoms with Crippen molar-refractivity contribution in [2.45, 2.75) is 30.9 Å². The smallest absolute Gasteiger partial charge is 0.272 e. The third kappa shape index (κ3) is 7.62. The van der Waals surface area contributed by atoms with Gasteiger partial charge in [-0.05, 0) is 90.7 Å². The van der Waals surface area contributed by atoms with E-state index < -0.39 is 5.91 Å². The molecule has 44 heavy (non-hydrogen) atoms. The van der Waals surface area contributed by atoms with Gasteiger partial charge < -0.3 is 16.0 Å². The second-order valence-electron chi connectivity index (χ2n) is 10.5. The van der Waals surface area contributed by atoms with E-state index in [1.54, 1.807) is 36.4 Å². The van der Waals surface area contributed by atoms with E-state index >= 15 is 0 Å². The van der Waals surface area contributed by atoms with Crippen LogP contribution < -0.4 is 16.0 Å². The summed E-state index contributed by atoms with van der Waals surface area (Å²) in [6.07, 6.45) is 1.69. The Bertz CT molecular complexity index is 1860. The fourth-order valence-corrected chi connectivity index (χ4v) is 5.61. The number of rotatable bonds is 9. The van der Waals surface area contributed by atoms with Crippen LogP contribution in [-0.2, 0) is 9.59 Å². The molecule has 6 nitrogen and oxygen atoms in total. The first kappa shape index (κ1) is 30.3. The molecule has 5 aromatic carbocycles. The summed E-state index contributed by atoms with van der Waals surface area (Å²) in [5.41, 5.74) is 4.76. The number of carbonyl (C=O) groups is 3. The van der Waals surface area contributed by atoms with Gasteiger partial charge in [0.25, 0.3) is 11.8 Å². The number of hydrogen-bond acceptors (Lipinski definition) is 4. The van der Waals surface area contributed by atoms with Crippen molar-refractivity contribution in [2.24, 2.45) is 0 Å². The molecule has 0 bridgehead atoms. The van der Waals surface area contributed by atoms with Gasteiger partial charge in [-0.15, -0.1) is 11.8 Å². The van der Waals surface area contributed by atoms with Crippen molar-refractivity contribution >= 4 is 57.7 Å². The van der Waals surface area contributed by atoms with Gasteiger partial charge in [0.15, 0.2) is 0 Å². The number of thioether (sulfide) groups is 1. The lowest BCUT2D eigenvalue weighted by atomic mass is 10.0. The minimum Gasteiger partial charge on any atom is -0.325 e. The predicted octanol–water partition coefficient (Wildman–Crippen LogP) is 7.99. The molecule has 7 heteroatoms. The second-order valence-corrected chi connectivity index (χ2v) is 11.9. The van der Waals surface area contributed by atoms with Crippen molar-refractivity contribution in [2.75, 3.05) is 10.6 Å². The highest BCUT2D eigenvalue weighted by Gasteiger charge is 2.18. The topological polar surface area (TPSA) is 87.3 Å². The number of benzene rings is 5. The summed E-state index contributed by atoms with van der Waals surface area (Å²) >= 11 is 1.39. The van der Waals surface area contributed by atoms with E-state index in [0.29, 0.717) is 11.3 Å². The van der Waals surface area contributed by atoms with E-state index in [2.05, 4.69) is 16.0 Å². The van der Waals surface area contributed by atoms with Crippen LogP contribution in [0, 0.1) is 13.8 Å². The number of carbonyl (C=O) groups excluding carboxylic acids is 3. The van der Waals surface area contributed by atoms with Gasteiger partial charge in [-0.25, -0.2) is 0 Å². The summed E-state index contributed by atoms with van der Waals surface area (Å²) in [6, 6.07) is 35.7. The van der Waals surface area contributed by atoms with Crippen molar-refractivity contribution in [3.8, 4) is 0 Å². The van der Waals surface area contributed by atoms with Crippen molar-refractivity contribution < 1.29 is 14.4 Å². The number of fused-ring (bicyclic) bond motifs is 1. The molecular weight excluding hydrogens is 566 g/mol. The predicted molar refractivity (Wildman–Crippen MR) is 181 cm³/mol. The fraction of sp³-hybridized carbons (Fsp3) is 0.108.